The molecule has 1 aromatic carbocycles. The molecular weight excluding hydrogens is 456 g/mol. The number of hydrogen-bond donors (Lipinski definition) is 2. The maximum Gasteiger partial charge on any atom is 0.220 e. The third kappa shape index (κ3) is 4.92. The number of rotatable bonds is 8. The van der Waals surface area contributed by atoms with E-state index in [9.17, 15) is 9.59 Å². The molecule has 1 aromatic rings. The number of carbonyl (C=O) groups is 2. The molecule has 0 spiro atoms. The van der Waals surface area contributed by atoms with Crippen LogP contribution in [0, 0.1) is 46.3 Å². The summed E-state index contributed by atoms with van der Waals surface area (Å²) in [7, 11) is 0. The molecule has 0 unspecified atom stereocenters. The van der Waals surface area contributed by atoms with Crippen molar-refractivity contribution < 1.29 is 9.59 Å². The molecule has 0 saturated heterocycles. The molecule has 0 radical (unpaired) electrons. The monoisotopic (exact) mass is 506 g/mol. The summed E-state index contributed by atoms with van der Waals surface area (Å²) in [5, 5.41) is 6.81. The number of carbonyl (C=O) groups excluding carboxylic acids is 2. The van der Waals surface area contributed by atoms with Gasteiger partial charge in [-0.05, 0) is 104 Å². The first-order chi connectivity index (χ1) is 17.8. The average molecular weight is 507 g/mol. The van der Waals surface area contributed by atoms with Gasteiger partial charge in [0.15, 0.2) is 0 Å². The molecule has 204 valence electrons. The molecule has 37 heavy (non-hydrogen) atoms. The lowest BCUT2D eigenvalue weighted by molar-refractivity contribution is -0.158. The van der Waals surface area contributed by atoms with Gasteiger partial charge in [0.05, 0.1) is 0 Å². The second-order valence-corrected chi connectivity index (χ2v) is 13.6. The lowest BCUT2D eigenvalue weighted by Crippen LogP contribution is -2.58. The van der Waals surface area contributed by atoms with E-state index in [4.69, 9.17) is 0 Å². The van der Waals surface area contributed by atoms with Gasteiger partial charge < -0.3 is 10.6 Å². The van der Waals surface area contributed by atoms with Gasteiger partial charge in [0.1, 0.15) is 5.78 Å². The summed E-state index contributed by atoms with van der Waals surface area (Å²) >= 11 is 0. The minimum absolute atomic E-state index is 0.129. The first-order valence-electron chi connectivity index (χ1n) is 15.3. The van der Waals surface area contributed by atoms with Gasteiger partial charge in [0.25, 0.3) is 0 Å². The molecule has 9 atom stereocenters. The van der Waals surface area contributed by atoms with Crippen LogP contribution in [0.25, 0.3) is 0 Å². The summed E-state index contributed by atoms with van der Waals surface area (Å²) in [5.74, 6) is 4.12. The molecule has 1 amide bonds. The minimum Gasteiger partial charge on any atom is -0.352 e. The van der Waals surface area contributed by atoms with Crippen LogP contribution in [-0.2, 0) is 16.1 Å². The Labute approximate surface area is 225 Å². The van der Waals surface area contributed by atoms with Gasteiger partial charge in [-0.25, -0.2) is 0 Å². The zero-order chi connectivity index (χ0) is 26.2. The van der Waals surface area contributed by atoms with E-state index < -0.39 is 0 Å². The quantitative estimate of drug-likeness (QED) is 0.421. The van der Waals surface area contributed by atoms with Crippen LogP contribution in [0.3, 0.4) is 0 Å². The molecule has 4 aliphatic carbocycles. The summed E-state index contributed by atoms with van der Waals surface area (Å²) < 4.78 is 0. The number of nitrogens with one attached hydrogen (secondary N) is 2. The lowest BCUT2D eigenvalue weighted by Gasteiger charge is -2.60. The first-order valence-corrected chi connectivity index (χ1v) is 15.3. The molecule has 4 fully saturated rings. The normalized spacial score (nSPS) is 39.8. The third-order valence-electron chi connectivity index (χ3n) is 11.9. The fourth-order valence-electron chi connectivity index (χ4n) is 9.83. The second-order valence-electron chi connectivity index (χ2n) is 13.6. The van der Waals surface area contributed by atoms with Crippen LogP contribution < -0.4 is 10.6 Å². The number of Topliss-reactive ketones (excluding diaryl/α,β-unsaturated/α-hetero) is 1. The van der Waals surface area contributed by atoms with Gasteiger partial charge in [-0.3, -0.25) is 9.59 Å². The van der Waals surface area contributed by atoms with E-state index in [-0.39, 0.29) is 11.3 Å². The summed E-state index contributed by atoms with van der Waals surface area (Å²) in [5.41, 5.74) is 1.29. The Morgan fingerprint density at radius 1 is 1.05 bits per heavy atom. The van der Waals surface area contributed by atoms with Crippen LogP contribution in [0.15, 0.2) is 30.3 Å². The van der Waals surface area contributed by atoms with Crippen LogP contribution in [-0.4, -0.2) is 24.3 Å². The lowest BCUT2D eigenvalue weighted by atomic mass is 9.44. The van der Waals surface area contributed by atoms with E-state index in [0.29, 0.717) is 59.8 Å². The summed E-state index contributed by atoms with van der Waals surface area (Å²) in [6.07, 6.45) is 11.1. The maximum atomic E-state index is 14.1. The number of fused-ring (bicyclic) bond motifs is 5. The largest absolute Gasteiger partial charge is 0.352 e. The van der Waals surface area contributed by atoms with Gasteiger partial charge in [-0.15, -0.1) is 0 Å². The molecule has 4 heteroatoms. The van der Waals surface area contributed by atoms with Crippen molar-refractivity contribution in [3.05, 3.63) is 35.9 Å². The third-order valence-corrected chi connectivity index (χ3v) is 11.9. The standard InChI is InChI=1S/C33H50N2O2/c1-5-34-25-17-18-32(3)24(19-25)12-13-26-28-15-14-27(33(28,4)30(36)20-29(26)32)22(2)11-16-31(37)35-21-23-9-7-6-8-10-23/h6-10,22,24-29,34H,5,11-21H2,1-4H3,(H,35,37)/t22-,24-,25+,26+,27-,28+,29+,32+,33-/m1/s1. The highest BCUT2D eigenvalue weighted by Crippen LogP contribution is 2.67. The van der Waals surface area contributed by atoms with E-state index in [1.54, 1.807) is 0 Å². The number of benzene rings is 1. The second kappa shape index (κ2) is 10.8. The first kappa shape index (κ1) is 26.9. The zero-order valence-corrected chi connectivity index (χ0v) is 23.7. The smallest absolute Gasteiger partial charge is 0.220 e. The number of hydrogen-bond acceptors (Lipinski definition) is 3. The number of amides is 1. The zero-order valence-electron chi connectivity index (χ0n) is 23.7. The fraction of sp³-hybridized carbons (Fsp3) is 0.758. The van der Waals surface area contributed by atoms with E-state index in [1.807, 2.05) is 30.3 Å². The fourth-order valence-corrected chi connectivity index (χ4v) is 9.83. The molecule has 4 nitrogen and oxygen atoms in total. The van der Waals surface area contributed by atoms with Gasteiger partial charge in [-0.1, -0.05) is 58.0 Å². The Bertz CT molecular complexity index is 962. The molecule has 4 saturated carbocycles. The molecule has 0 bridgehead atoms. The highest BCUT2D eigenvalue weighted by Gasteiger charge is 2.63. The highest BCUT2D eigenvalue weighted by atomic mass is 16.1. The van der Waals surface area contributed by atoms with Crippen molar-refractivity contribution in [3.63, 3.8) is 0 Å². The molecule has 0 heterocycles. The Morgan fingerprint density at radius 3 is 2.59 bits per heavy atom. The van der Waals surface area contributed by atoms with E-state index in [1.165, 1.54) is 38.5 Å². The van der Waals surface area contributed by atoms with Crippen molar-refractivity contribution in [3.8, 4) is 0 Å². The van der Waals surface area contributed by atoms with Crippen LogP contribution in [0.2, 0.25) is 0 Å². The molecule has 4 aliphatic rings. The van der Waals surface area contributed by atoms with Crippen LogP contribution in [0.5, 0.6) is 0 Å². The van der Waals surface area contributed by atoms with Crippen LogP contribution >= 0.6 is 0 Å². The highest BCUT2D eigenvalue weighted by molar-refractivity contribution is 5.87. The summed E-state index contributed by atoms with van der Waals surface area (Å²) in [6.45, 7) is 11.1. The molecule has 5 rings (SSSR count). The Balaban J connectivity index is 1.21. The van der Waals surface area contributed by atoms with Crippen molar-refractivity contribution in [2.24, 2.45) is 46.3 Å². The van der Waals surface area contributed by atoms with Gasteiger partial charge >= 0.3 is 0 Å². The van der Waals surface area contributed by atoms with Crippen molar-refractivity contribution in [2.75, 3.05) is 6.54 Å². The van der Waals surface area contributed by atoms with Crippen LogP contribution in [0.4, 0.5) is 0 Å². The summed E-state index contributed by atoms with van der Waals surface area (Å²) in [6, 6.07) is 10.8. The van der Waals surface area contributed by atoms with Gasteiger partial charge in [-0.2, -0.15) is 0 Å². The predicted molar refractivity (Wildman–Crippen MR) is 150 cm³/mol. The Hall–Kier alpha value is -1.68. The topological polar surface area (TPSA) is 58.2 Å². The van der Waals surface area contributed by atoms with E-state index in [2.05, 4.69) is 38.3 Å². The number of ketones is 1. The van der Waals surface area contributed by atoms with Crippen molar-refractivity contribution in [2.45, 2.75) is 104 Å². The Morgan fingerprint density at radius 2 is 1.84 bits per heavy atom. The Kier molecular flexibility index (Phi) is 7.87. The molecule has 2 N–H and O–H groups in total. The molecule has 0 aromatic heterocycles. The molecule has 0 aliphatic heterocycles. The molecular formula is C33H50N2O2. The van der Waals surface area contributed by atoms with Crippen molar-refractivity contribution in [1.82, 2.24) is 10.6 Å². The van der Waals surface area contributed by atoms with Crippen LogP contribution in [0.1, 0.15) is 97.5 Å². The maximum absolute atomic E-state index is 14.1. The minimum atomic E-state index is -0.189. The summed E-state index contributed by atoms with van der Waals surface area (Å²) in [4.78, 5) is 26.7. The van der Waals surface area contributed by atoms with E-state index >= 15 is 0 Å². The van der Waals surface area contributed by atoms with Gasteiger partial charge in [0.2, 0.25) is 5.91 Å². The van der Waals surface area contributed by atoms with Crippen molar-refractivity contribution >= 4 is 11.7 Å². The predicted octanol–water partition coefficient (Wildman–Crippen LogP) is 6.54. The SMILES string of the molecule is CCN[C@H]1CC[C@@]2(C)[C@H](CC[C@@H]3[C@@H]2CC(=O)[C@]2(C)[C@@H]([C@H](C)CCC(=O)NCc4ccccc4)CC[C@@H]32)C1. The van der Waals surface area contributed by atoms with Gasteiger partial charge in [0, 0.05) is 30.8 Å². The average Bonchev–Trinajstić information content (AvgIpc) is 3.26. The van der Waals surface area contributed by atoms with E-state index in [0.717, 1.165) is 37.3 Å². The van der Waals surface area contributed by atoms with Crippen molar-refractivity contribution in [1.29, 1.82) is 0 Å².